The lowest BCUT2D eigenvalue weighted by molar-refractivity contribution is 0.102. The number of rotatable bonds is 4. The number of anilines is 1. The SMILES string of the molecule is Cc1ccc(-c2cc(C(=O)Nc3ccc(F)c(F)c3)nn2[C@H]2CCS(=O)(=O)C2)cc1C. The fraction of sp³-hybridized carbons (Fsp3) is 0.273. The lowest BCUT2D eigenvalue weighted by Crippen LogP contribution is -2.16. The summed E-state index contributed by atoms with van der Waals surface area (Å²) in [7, 11) is -3.16. The topological polar surface area (TPSA) is 81.1 Å². The number of nitrogens with one attached hydrogen (secondary N) is 1. The van der Waals surface area contributed by atoms with Crippen LogP contribution in [0, 0.1) is 25.5 Å². The Balaban J connectivity index is 1.72. The van der Waals surface area contributed by atoms with Gasteiger partial charge in [0.15, 0.2) is 27.2 Å². The molecule has 9 heteroatoms. The number of carbonyl (C=O) groups is 1. The van der Waals surface area contributed by atoms with E-state index in [9.17, 15) is 22.0 Å². The number of aryl methyl sites for hydroxylation is 2. The molecule has 2 heterocycles. The van der Waals surface area contributed by atoms with E-state index in [1.165, 1.54) is 6.07 Å². The molecule has 0 saturated carbocycles. The average Bonchev–Trinajstić information content (AvgIpc) is 3.30. The first-order valence-corrected chi connectivity index (χ1v) is 11.6. The number of benzene rings is 2. The normalized spacial score (nSPS) is 17.6. The number of carbonyl (C=O) groups excluding carboxylic acids is 1. The van der Waals surface area contributed by atoms with Gasteiger partial charge in [0, 0.05) is 17.3 Å². The molecule has 0 spiro atoms. The first kappa shape index (κ1) is 21.2. The highest BCUT2D eigenvalue weighted by atomic mass is 32.2. The molecule has 1 aliphatic heterocycles. The summed E-state index contributed by atoms with van der Waals surface area (Å²) < 4.78 is 52.2. The molecule has 6 nitrogen and oxygen atoms in total. The number of nitrogens with zero attached hydrogens (tertiary/aromatic N) is 2. The van der Waals surface area contributed by atoms with Crippen molar-refractivity contribution in [3.8, 4) is 11.3 Å². The van der Waals surface area contributed by atoms with Crippen molar-refractivity contribution in [2.24, 2.45) is 0 Å². The van der Waals surface area contributed by atoms with Gasteiger partial charge in [0.25, 0.3) is 5.91 Å². The molecular formula is C22H21F2N3O3S. The number of hydrogen-bond acceptors (Lipinski definition) is 4. The van der Waals surface area contributed by atoms with Crippen LogP contribution in [-0.4, -0.2) is 35.6 Å². The largest absolute Gasteiger partial charge is 0.320 e. The molecule has 1 amide bonds. The maximum atomic E-state index is 13.5. The van der Waals surface area contributed by atoms with Crippen molar-refractivity contribution in [2.75, 3.05) is 16.8 Å². The zero-order valence-electron chi connectivity index (χ0n) is 17.0. The van der Waals surface area contributed by atoms with Crippen molar-refractivity contribution in [1.29, 1.82) is 0 Å². The first-order chi connectivity index (χ1) is 14.6. The second-order valence-corrected chi connectivity index (χ2v) is 10.0. The van der Waals surface area contributed by atoms with Gasteiger partial charge in [0.2, 0.25) is 0 Å². The molecule has 1 atom stereocenters. The third-order valence-corrected chi connectivity index (χ3v) is 7.25. The van der Waals surface area contributed by atoms with Crippen molar-refractivity contribution < 1.29 is 22.0 Å². The second kappa shape index (κ2) is 7.88. The number of hydrogen-bond donors (Lipinski definition) is 1. The van der Waals surface area contributed by atoms with Gasteiger partial charge in [-0.15, -0.1) is 0 Å². The zero-order valence-corrected chi connectivity index (χ0v) is 17.8. The molecule has 4 rings (SSSR count). The van der Waals surface area contributed by atoms with Gasteiger partial charge in [-0.25, -0.2) is 17.2 Å². The molecule has 1 aromatic heterocycles. The molecule has 0 bridgehead atoms. The van der Waals surface area contributed by atoms with Crippen LogP contribution in [0.1, 0.15) is 34.1 Å². The highest BCUT2D eigenvalue weighted by molar-refractivity contribution is 7.91. The monoisotopic (exact) mass is 445 g/mol. The molecule has 0 aliphatic carbocycles. The van der Waals surface area contributed by atoms with E-state index in [-0.39, 0.29) is 28.9 Å². The summed E-state index contributed by atoms with van der Waals surface area (Å²) in [6, 6.07) is 10.1. The van der Waals surface area contributed by atoms with Gasteiger partial charge in [0.05, 0.1) is 23.2 Å². The maximum Gasteiger partial charge on any atom is 0.276 e. The molecule has 1 saturated heterocycles. The number of aromatic nitrogens is 2. The smallest absolute Gasteiger partial charge is 0.276 e. The van der Waals surface area contributed by atoms with Gasteiger partial charge in [-0.2, -0.15) is 5.10 Å². The minimum absolute atomic E-state index is 0.0449. The minimum atomic E-state index is -3.16. The predicted molar refractivity (Wildman–Crippen MR) is 114 cm³/mol. The molecule has 162 valence electrons. The van der Waals surface area contributed by atoms with E-state index < -0.39 is 27.4 Å². The maximum absolute atomic E-state index is 13.5. The summed E-state index contributed by atoms with van der Waals surface area (Å²) in [6.07, 6.45) is 0.409. The fourth-order valence-electron chi connectivity index (χ4n) is 3.64. The third-order valence-electron chi connectivity index (χ3n) is 5.50. The van der Waals surface area contributed by atoms with E-state index in [0.717, 1.165) is 28.8 Å². The van der Waals surface area contributed by atoms with Crippen molar-refractivity contribution in [3.63, 3.8) is 0 Å². The molecule has 0 radical (unpaired) electrons. The molecule has 0 unspecified atom stereocenters. The molecule has 2 aromatic carbocycles. The Morgan fingerprint density at radius 1 is 1.06 bits per heavy atom. The van der Waals surface area contributed by atoms with Crippen LogP contribution >= 0.6 is 0 Å². The van der Waals surface area contributed by atoms with Gasteiger partial charge < -0.3 is 5.32 Å². The van der Waals surface area contributed by atoms with Gasteiger partial charge in [-0.1, -0.05) is 12.1 Å². The second-order valence-electron chi connectivity index (χ2n) is 7.80. The van der Waals surface area contributed by atoms with Crippen LogP contribution in [-0.2, 0) is 9.84 Å². The van der Waals surface area contributed by atoms with E-state index in [0.29, 0.717) is 12.1 Å². The van der Waals surface area contributed by atoms with Crippen molar-refractivity contribution in [2.45, 2.75) is 26.3 Å². The van der Waals surface area contributed by atoms with E-state index in [1.54, 1.807) is 10.7 Å². The summed E-state index contributed by atoms with van der Waals surface area (Å²) >= 11 is 0. The summed E-state index contributed by atoms with van der Waals surface area (Å²) in [5.41, 5.74) is 3.75. The Morgan fingerprint density at radius 3 is 2.48 bits per heavy atom. The predicted octanol–water partition coefficient (Wildman–Crippen LogP) is 4.06. The summed E-state index contributed by atoms with van der Waals surface area (Å²) in [6.45, 7) is 3.96. The number of amides is 1. The van der Waals surface area contributed by atoms with E-state index in [4.69, 9.17) is 0 Å². The van der Waals surface area contributed by atoms with Crippen LogP contribution in [0.15, 0.2) is 42.5 Å². The van der Waals surface area contributed by atoms with E-state index >= 15 is 0 Å². The van der Waals surface area contributed by atoms with E-state index in [2.05, 4.69) is 10.4 Å². The Labute approximate surface area is 178 Å². The fourth-order valence-corrected chi connectivity index (χ4v) is 5.33. The highest BCUT2D eigenvalue weighted by Crippen LogP contribution is 2.31. The quantitative estimate of drug-likeness (QED) is 0.657. The van der Waals surface area contributed by atoms with Crippen LogP contribution in [0.5, 0.6) is 0 Å². The summed E-state index contributed by atoms with van der Waals surface area (Å²) in [5, 5.41) is 6.90. The van der Waals surface area contributed by atoms with Crippen LogP contribution in [0.2, 0.25) is 0 Å². The Hall–Kier alpha value is -3.07. The van der Waals surface area contributed by atoms with E-state index in [1.807, 2.05) is 32.0 Å². The van der Waals surface area contributed by atoms with Crippen LogP contribution < -0.4 is 5.32 Å². The highest BCUT2D eigenvalue weighted by Gasteiger charge is 2.32. The molecule has 31 heavy (non-hydrogen) atoms. The standard InChI is InChI=1S/C22H21F2N3O3S/c1-13-3-4-15(9-14(13)2)21-11-20(26-27(21)17-7-8-31(29,30)12-17)22(28)25-16-5-6-18(23)19(24)10-16/h3-6,9-11,17H,7-8,12H2,1-2H3,(H,25,28)/t17-/m0/s1. The number of sulfone groups is 1. The molecule has 1 N–H and O–H groups in total. The lowest BCUT2D eigenvalue weighted by atomic mass is 10.0. The van der Waals surface area contributed by atoms with Crippen molar-refractivity contribution in [1.82, 2.24) is 9.78 Å². The lowest BCUT2D eigenvalue weighted by Gasteiger charge is -2.14. The Bertz CT molecular complexity index is 1290. The van der Waals surface area contributed by atoms with Gasteiger partial charge in [-0.3, -0.25) is 9.48 Å². The van der Waals surface area contributed by atoms with Gasteiger partial charge in [-0.05, 0) is 55.7 Å². The zero-order chi connectivity index (χ0) is 22.3. The van der Waals surface area contributed by atoms with Crippen LogP contribution in [0.3, 0.4) is 0 Å². The Morgan fingerprint density at radius 2 is 1.84 bits per heavy atom. The van der Waals surface area contributed by atoms with Gasteiger partial charge in [0.1, 0.15) is 0 Å². The molecule has 1 fully saturated rings. The van der Waals surface area contributed by atoms with Crippen molar-refractivity contribution >= 4 is 21.4 Å². The van der Waals surface area contributed by atoms with Crippen LogP contribution in [0.4, 0.5) is 14.5 Å². The molecule has 3 aromatic rings. The summed E-state index contributed by atoms with van der Waals surface area (Å²) in [5.74, 6) is -2.66. The Kier molecular flexibility index (Phi) is 5.38. The first-order valence-electron chi connectivity index (χ1n) is 9.77. The summed E-state index contributed by atoms with van der Waals surface area (Å²) in [4.78, 5) is 12.7. The average molecular weight is 445 g/mol. The molecular weight excluding hydrogens is 424 g/mol. The number of halogens is 2. The van der Waals surface area contributed by atoms with Crippen LogP contribution in [0.25, 0.3) is 11.3 Å². The minimum Gasteiger partial charge on any atom is -0.320 e. The van der Waals surface area contributed by atoms with Crippen molar-refractivity contribution in [3.05, 3.63) is 70.9 Å². The third kappa shape index (κ3) is 4.36. The van der Waals surface area contributed by atoms with Gasteiger partial charge >= 0.3 is 0 Å². The molecule has 1 aliphatic rings.